The molecule has 2 fully saturated rings. The van der Waals surface area contributed by atoms with E-state index in [1.165, 1.54) is 0 Å². The summed E-state index contributed by atoms with van der Waals surface area (Å²) in [5.41, 5.74) is 0. The van der Waals surface area contributed by atoms with Crippen LogP contribution in [0.2, 0.25) is 17.5 Å². The molecule has 2 aliphatic heterocycles. The van der Waals surface area contributed by atoms with Crippen molar-refractivity contribution in [2.45, 2.75) is 112 Å². The summed E-state index contributed by atoms with van der Waals surface area (Å²) >= 11 is 0. The van der Waals surface area contributed by atoms with Crippen LogP contribution in [0.1, 0.15) is 76.2 Å². The molecule has 29 heavy (non-hydrogen) atoms. The van der Waals surface area contributed by atoms with Crippen LogP contribution in [0.5, 0.6) is 0 Å². The molecule has 12 unspecified atom stereocenters. The fraction of sp³-hybridized carbons (Fsp3) is 0.920. The van der Waals surface area contributed by atoms with E-state index in [9.17, 15) is 0 Å². The van der Waals surface area contributed by atoms with Crippen molar-refractivity contribution in [1.29, 1.82) is 0 Å². The summed E-state index contributed by atoms with van der Waals surface area (Å²) in [4.78, 5) is 2.94. The van der Waals surface area contributed by atoms with Crippen LogP contribution in [0.3, 0.4) is 0 Å². The maximum atomic E-state index is 4.74. The van der Waals surface area contributed by atoms with Crippen molar-refractivity contribution < 1.29 is 42.1 Å². The van der Waals surface area contributed by atoms with Gasteiger partial charge in [0.1, 0.15) is 0 Å². The van der Waals surface area contributed by atoms with Gasteiger partial charge in [-0.15, -0.1) is 0 Å². The molecular formula is C25H48BNW2. The molecule has 2 rings (SSSR count). The normalized spacial score (nSPS) is 47.6. The van der Waals surface area contributed by atoms with E-state index >= 15 is 0 Å². The Labute approximate surface area is 213 Å². The van der Waals surface area contributed by atoms with Crippen LogP contribution >= 0.6 is 0 Å². The molecule has 168 valence electrons. The first-order valence-corrected chi connectivity index (χ1v) is 11.9. The van der Waals surface area contributed by atoms with Crippen molar-refractivity contribution in [3.63, 3.8) is 0 Å². The van der Waals surface area contributed by atoms with Gasteiger partial charge in [0.15, 0.2) is 0 Å². The van der Waals surface area contributed by atoms with Crippen molar-refractivity contribution in [2.24, 2.45) is 35.5 Å². The summed E-state index contributed by atoms with van der Waals surface area (Å²) in [5.74, 6) is 6.35. The second-order valence-corrected chi connectivity index (χ2v) is 10.9. The van der Waals surface area contributed by atoms with E-state index in [1.807, 2.05) is 0 Å². The zero-order valence-electron chi connectivity index (χ0n) is 21.1. The Balaban J connectivity index is 0.00000392. The van der Waals surface area contributed by atoms with Gasteiger partial charge in [0.05, 0.1) is 6.71 Å². The average Bonchev–Trinajstić information content (AvgIpc) is 2.66. The van der Waals surface area contributed by atoms with Gasteiger partial charge in [-0.2, -0.15) is 18.6 Å². The zero-order chi connectivity index (χ0) is 20.8. The summed E-state index contributed by atoms with van der Waals surface area (Å²) in [6.45, 7) is 32.8. The van der Waals surface area contributed by atoms with Crippen LogP contribution in [0.4, 0.5) is 0 Å². The maximum Gasteiger partial charge on any atom is 2.00 e. The molecule has 1 nitrogen and oxygen atoms in total. The van der Waals surface area contributed by atoms with Gasteiger partial charge in [-0.05, 0) is 48.5 Å². The van der Waals surface area contributed by atoms with E-state index in [2.05, 4.69) is 87.5 Å². The van der Waals surface area contributed by atoms with Crippen molar-refractivity contribution >= 4 is 6.71 Å². The number of hydrogen-bond donors (Lipinski definition) is 0. The van der Waals surface area contributed by atoms with Gasteiger partial charge in [0.2, 0.25) is 0 Å². The molecule has 12 atom stereocenters. The summed E-state index contributed by atoms with van der Waals surface area (Å²) in [6.07, 6.45) is 2.42. The molecule has 0 aromatic heterocycles. The van der Waals surface area contributed by atoms with Gasteiger partial charge in [-0.1, -0.05) is 68.1 Å². The standard InChI is InChI=1S/C25H48BN.2W/c1-13-14(2)26-21(9)24(12)27-23(11)19(7)17(5)15(3)16(4)18(6)20(8)25(27)22(26)10;;/h13-25H,9H2,1-8,10-12H3;;/q-2;;+2. The SMILES string of the molecule is [CH2-]C1B(C(C)[CH-]C)C(C)C2C(C)C(C)C(C)C(C)C(C)C(C)C(C)N2C1C.[W+2].[W]. The predicted octanol–water partition coefficient (Wildman–Crippen LogP) is 6.98. The van der Waals surface area contributed by atoms with Crippen molar-refractivity contribution in [3.05, 3.63) is 13.3 Å². The summed E-state index contributed by atoms with van der Waals surface area (Å²) < 4.78 is 0. The number of nitrogens with zero attached hydrogens (tertiary/aromatic N) is 1. The van der Waals surface area contributed by atoms with Gasteiger partial charge in [-0.25, -0.2) is 0 Å². The molecule has 0 N–H and O–H groups in total. The third-order valence-corrected chi connectivity index (χ3v) is 10.1. The first-order chi connectivity index (χ1) is 12.5. The summed E-state index contributed by atoms with van der Waals surface area (Å²) in [5, 5.41) is 0. The topological polar surface area (TPSA) is 3.24 Å². The van der Waals surface area contributed by atoms with Crippen LogP contribution < -0.4 is 0 Å². The monoisotopic (exact) mass is 741 g/mol. The molecule has 0 radical (unpaired) electrons. The van der Waals surface area contributed by atoms with Crippen molar-refractivity contribution in [2.75, 3.05) is 0 Å². The first-order valence-electron chi connectivity index (χ1n) is 11.9. The number of rotatable bonds is 2. The second-order valence-electron chi connectivity index (χ2n) is 10.9. The van der Waals surface area contributed by atoms with E-state index in [4.69, 9.17) is 6.92 Å². The molecule has 0 spiro atoms. The van der Waals surface area contributed by atoms with Gasteiger partial charge < -0.3 is 13.3 Å². The van der Waals surface area contributed by atoms with E-state index in [0.717, 1.165) is 35.5 Å². The smallest absolute Gasteiger partial charge is 0.346 e. The Bertz CT molecular complexity index is 489. The Kier molecular flexibility index (Phi) is 12.6. The fourth-order valence-corrected chi connectivity index (χ4v) is 7.12. The molecule has 0 aliphatic carbocycles. The number of fused-ring (bicyclic) bond motifs is 1. The average molecular weight is 741 g/mol. The number of hydrogen-bond acceptors (Lipinski definition) is 1. The van der Waals surface area contributed by atoms with Crippen LogP contribution in [-0.2, 0) is 42.1 Å². The van der Waals surface area contributed by atoms with E-state index in [0.29, 0.717) is 42.3 Å². The fourth-order valence-electron chi connectivity index (χ4n) is 7.12. The Hall–Kier alpha value is 1.40. The third kappa shape index (κ3) is 5.49. The molecule has 2 aliphatic rings. The largest absolute Gasteiger partial charge is 2.00 e. The molecule has 0 aromatic carbocycles. The van der Waals surface area contributed by atoms with Crippen molar-refractivity contribution in [3.8, 4) is 0 Å². The Morgan fingerprint density at radius 2 is 1.17 bits per heavy atom. The minimum absolute atomic E-state index is 0. The van der Waals surface area contributed by atoms with Gasteiger partial charge in [0, 0.05) is 33.1 Å². The second kappa shape index (κ2) is 12.0. The third-order valence-electron chi connectivity index (χ3n) is 10.1. The van der Waals surface area contributed by atoms with Crippen LogP contribution in [0.25, 0.3) is 0 Å². The molecule has 4 heteroatoms. The van der Waals surface area contributed by atoms with Gasteiger partial charge in [0.25, 0.3) is 0 Å². The van der Waals surface area contributed by atoms with Crippen LogP contribution in [-0.4, -0.2) is 29.7 Å². The molecule has 0 bridgehead atoms. The Morgan fingerprint density at radius 1 is 0.759 bits per heavy atom. The minimum atomic E-state index is 0. The molecule has 0 aromatic rings. The Morgan fingerprint density at radius 3 is 1.62 bits per heavy atom. The molecule has 2 heterocycles. The molecular weight excluding hydrogens is 693 g/mol. The van der Waals surface area contributed by atoms with Gasteiger partial charge >= 0.3 is 21.1 Å². The zero-order valence-corrected chi connectivity index (χ0v) is 26.9. The predicted molar refractivity (Wildman–Crippen MR) is 123 cm³/mol. The first kappa shape index (κ1) is 30.4. The van der Waals surface area contributed by atoms with Gasteiger partial charge in [-0.3, -0.25) is 4.90 Å². The van der Waals surface area contributed by atoms with Crippen LogP contribution in [0.15, 0.2) is 0 Å². The van der Waals surface area contributed by atoms with Crippen molar-refractivity contribution in [1.82, 2.24) is 4.90 Å². The molecule has 0 amide bonds. The summed E-state index contributed by atoms with van der Waals surface area (Å²) in [7, 11) is 0. The molecule has 0 saturated carbocycles. The van der Waals surface area contributed by atoms with Crippen LogP contribution in [0, 0.1) is 48.9 Å². The summed E-state index contributed by atoms with van der Waals surface area (Å²) in [6, 6.07) is 1.84. The van der Waals surface area contributed by atoms with E-state index < -0.39 is 0 Å². The minimum Gasteiger partial charge on any atom is -0.346 e. The maximum absolute atomic E-state index is 4.74. The van der Waals surface area contributed by atoms with E-state index in [1.54, 1.807) is 0 Å². The molecule has 2 saturated heterocycles. The quantitative estimate of drug-likeness (QED) is 0.219. The van der Waals surface area contributed by atoms with E-state index in [-0.39, 0.29) is 42.1 Å².